The number of benzene rings is 2. The SMILES string of the molecule is COc1ccccc1C(CBr)OCc1ccc(Cl)cc1. The van der Waals surface area contributed by atoms with Gasteiger partial charge in [0.05, 0.1) is 19.8 Å². The smallest absolute Gasteiger partial charge is 0.124 e. The number of rotatable bonds is 6. The van der Waals surface area contributed by atoms with Crippen LogP contribution in [0.15, 0.2) is 48.5 Å². The van der Waals surface area contributed by atoms with Crippen molar-refractivity contribution in [1.29, 1.82) is 0 Å². The minimum atomic E-state index is -0.0539. The minimum Gasteiger partial charge on any atom is -0.496 e. The van der Waals surface area contributed by atoms with E-state index in [9.17, 15) is 0 Å². The summed E-state index contributed by atoms with van der Waals surface area (Å²) in [7, 11) is 1.67. The van der Waals surface area contributed by atoms with E-state index in [0.29, 0.717) is 11.9 Å². The molecule has 0 N–H and O–H groups in total. The maximum Gasteiger partial charge on any atom is 0.124 e. The Bertz CT molecular complexity index is 542. The Morgan fingerprint density at radius 3 is 2.45 bits per heavy atom. The van der Waals surface area contributed by atoms with Crippen molar-refractivity contribution in [2.45, 2.75) is 12.7 Å². The van der Waals surface area contributed by atoms with Crippen molar-refractivity contribution in [3.05, 3.63) is 64.7 Å². The molecule has 0 radical (unpaired) electrons. The molecule has 0 saturated heterocycles. The molecule has 20 heavy (non-hydrogen) atoms. The lowest BCUT2D eigenvalue weighted by Gasteiger charge is -2.18. The van der Waals surface area contributed by atoms with E-state index in [1.807, 2.05) is 48.5 Å². The third-order valence-electron chi connectivity index (χ3n) is 2.99. The van der Waals surface area contributed by atoms with Crippen molar-refractivity contribution in [2.75, 3.05) is 12.4 Å². The summed E-state index contributed by atoms with van der Waals surface area (Å²) in [6.07, 6.45) is -0.0539. The molecule has 2 nitrogen and oxygen atoms in total. The van der Waals surface area contributed by atoms with Gasteiger partial charge in [0.1, 0.15) is 5.75 Å². The van der Waals surface area contributed by atoms with Gasteiger partial charge in [0.25, 0.3) is 0 Å². The number of alkyl halides is 1. The second-order valence-corrected chi connectivity index (χ2v) is 5.41. The summed E-state index contributed by atoms with van der Waals surface area (Å²) in [5, 5.41) is 1.44. The van der Waals surface area contributed by atoms with E-state index in [4.69, 9.17) is 21.1 Å². The van der Waals surface area contributed by atoms with Gasteiger partial charge in [0.2, 0.25) is 0 Å². The van der Waals surface area contributed by atoms with Crippen molar-refractivity contribution < 1.29 is 9.47 Å². The van der Waals surface area contributed by atoms with Gasteiger partial charge in [-0.3, -0.25) is 0 Å². The fraction of sp³-hybridized carbons (Fsp3) is 0.250. The van der Waals surface area contributed by atoms with Crippen molar-refractivity contribution in [2.24, 2.45) is 0 Å². The predicted octanol–water partition coefficient (Wildman–Crippen LogP) is 5.00. The summed E-state index contributed by atoms with van der Waals surface area (Å²) >= 11 is 9.37. The van der Waals surface area contributed by atoms with E-state index >= 15 is 0 Å². The maximum absolute atomic E-state index is 5.98. The Balaban J connectivity index is 2.07. The van der Waals surface area contributed by atoms with Crippen LogP contribution < -0.4 is 4.74 Å². The standard InChI is InChI=1S/C16H16BrClO2/c1-19-15-5-3-2-4-14(15)16(10-17)20-11-12-6-8-13(18)9-7-12/h2-9,16H,10-11H2,1H3. The normalized spacial score (nSPS) is 12.2. The quantitative estimate of drug-likeness (QED) is 0.679. The molecule has 0 aromatic heterocycles. The molecule has 0 aliphatic rings. The zero-order valence-electron chi connectivity index (χ0n) is 11.2. The van der Waals surface area contributed by atoms with E-state index in [2.05, 4.69) is 15.9 Å². The fourth-order valence-electron chi connectivity index (χ4n) is 1.93. The van der Waals surface area contributed by atoms with Gasteiger partial charge in [0.15, 0.2) is 0 Å². The van der Waals surface area contributed by atoms with E-state index in [-0.39, 0.29) is 6.10 Å². The van der Waals surface area contributed by atoms with E-state index in [0.717, 1.165) is 21.9 Å². The van der Waals surface area contributed by atoms with Gasteiger partial charge < -0.3 is 9.47 Å². The molecule has 0 aliphatic heterocycles. The first-order valence-corrected chi connectivity index (χ1v) is 7.79. The monoisotopic (exact) mass is 354 g/mol. The molecule has 4 heteroatoms. The van der Waals surface area contributed by atoms with Crippen molar-refractivity contribution in [3.8, 4) is 5.75 Å². The molecule has 106 valence electrons. The van der Waals surface area contributed by atoms with Crippen LogP contribution in [0.3, 0.4) is 0 Å². The molecule has 0 bridgehead atoms. The number of ether oxygens (including phenoxy) is 2. The lowest BCUT2D eigenvalue weighted by molar-refractivity contribution is 0.0550. The highest BCUT2D eigenvalue weighted by Crippen LogP contribution is 2.29. The Morgan fingerprint density at radius 2 is 1.80 bits per heavy atom. The minimum absolute atomic E-state index is 0.0539. The first-order valence-electron chi connectivity index (χ1n) is 6.29. The Hall–Kier alpha value is -1.03. The predicted molar refractivity (Wildman–Crippen MR) is 85.8 cm³/mol. The van der Waals surface area contributed by atoms with Gasteiger partial charge in [-0.25, -0.2) is 0 Å². The molecule has 1 unspecified atom stereocenters. The highest BCUT2D eigenvalue weighted by atomic mass is 79.9. The molecule has 2 aromatic carbocycles. The fourth-order valence-corrected chi connectivity index (χ4v) is 2.59. The summed E-state index contributed by atoms with van der Waals surface area (Å²) in [6.45, 7) is 0.533. The number of hydrogen-bond acceptors (Lipinski definition) is 2. The second kappa shape index (κ2) is 7.67. The van der Waals surface area contributed by atoms with Gasteiger partial charge in [-0.15, -0.1) is 0 Å². The molecule has 2 rings (SSSR count). The summed E-state index contributed by atoms with van der Waals surface area (Å²) < 4.78 is 11.4. The molecule has 2 aromatic rings. The van der Waals surface area contributed by atoms with Crippen molar-refractivity contribution in [3.63, 3.8) is 0 Å². The van der Waals surface area contributed by atoms with Gasteiger partial charge >= 0.3 is 0 Å². The van der Waals surface area contributed by atoms with Gasteiger partial charge in [-0.05, 0) is 23.8 Å². The Morgan fingerprint density at radius 1 is 1.10 bits per heavy atom. The van der Waals surface area contributed by atoms with Gasteiger partial charge in [0, 0.05) is 15.9 Å². The van der Waals surface area contributed by atoms with Crippen LogP contribution in [-0.4, -0.2) is 12.4 Å². The van der Waals surface area contributed by atoms with Crippen LogP contribution >= 0.6 is 27.5 Å². The summed E-state index contributed by atoms with van der Waals surface area (Å²) in [4.78, 5) is 0. The number of halogens is 2. The Kier molecular flexibility index (Phi) is 5.89. The molecule has 0 heterocycles. The Labute approximate surface area is 132 Å². The molecule has 0 aliphatic carbocycles. The third kappa shape index (κ3) is 3.98. The molecular formula is C16H16BrClO2. The summed E-state index contributed by atoms with van der Waals surface area (Å²) in [5.41, 5.74) is 2.14. The number of hydrogen-bond donors (Lipinski definition) is 0. The first kappa shape index (κ1) is 15.4. The molecular weight excluding hydrogens is 340 g/mol. The average Bonchev–Trinajstić information content (AvgIpc) is 2.50. The average molecular weight is 356 g/mol. The molecule has 0 amide bonds. The maximum atomic E-state index is 5.98. The molecule has 0 fully saturated rings. The van der Waals surface area contributed by atoms with E-state index in [1.54, 1.807) is 7.11 Å². The highest BCUT2D eigenvalue weighted by Gasteiger charge is 2.15. The van der Waals surface area contributed by atoms with Crippen LogP contribution in [0.5, 0.6) is 5.75 Å². The van der Waals surface area contributed by atoms with Crippen LogP contribution in [-0.2, 0) is 11.3 Å². The van der Waals surface area contributed by atoms with Crippen LogP contribution in [0, 0.1) is 0 Å². The van der Waals surface area contributed by atoms with Crippen LogP contribution in [0.4, 0.5) is 0 Å². The second-order valence-electron chi connectivity index (χ2n) is 4.32. The van der Waals surface area contributed by atoms with Gasteiger partial charge in [-0.2, -0.15) is 0 Å². The molecule has 0 saturated carbocycles. The lowest BCUT2D eigenvalue weighted by atomic mass is 10.1. The van der Waals surface area contributed by atoms with Crippen LogP contribution in [0.1, 0.15) is 17.2 Å². The topological polar surface area (TPSA) is 18.5 Å². The number of para-hydroxylation sites is 1. The summed E-state index contributed by atoms with van der Waals surface area (Å²) in [5.74, 6) is 0.841. The zero-order valence-corrected chi connectivity index (χ0v) is 13.5. The van der Waals surface area contributed by atoms with Crippen molar-refractivity contribution in [1.82, 2.24) is 0 Å². The van der Waals surface area contributed by atoms with E-state index < -0.39 is 0 Å². The number of methoxy groups -OCH3 is 1. The highest BCUT2D eigenvalue weighted by molar-refractivity contribution is 9.09. The zero-order chi connectivity index (χ0) is 14.4. The third-order valence-corrected chi connectivity index (χ3v) is 3.83. The van der Waals surface area contributed by atoms with Crippen molar-refractivity contribution >= 4 is 27.5 Å². The largest absolute Gasteiger partial charge is 0.496 e. The summed E-state index contributed by atoms with van der Waals surface area (Å²) in [6, 6.07) is 15.6. The first-order chi connectivity index (χ1) is 9.74. The lowest BCUT2D eigenvalue weighted by Crippen LogP contribution is -2.07. The van der Waals surface area contributed by atoms with Crippen LogP contribution in [0.2, 0.25) is 5.02 Å². The molecule has 1 atom stereocenters. The van der Waals surface area contributed by atoms with Gasteiger partial charge in [-0.1, -0.05) is 57.9 Å². The molecule has 0 spiro atoms. The van der Waals surface area contributed by atoms with Crippen LogP contribution in [0.25, 0.3) is 0 Å². The van der Waals surface area contributed by atoms with E-state index in [1.165, 1.54) is 0 Å².